The zero-order valence-electron chi connectivity index (χ0n) is 11.5. The van der Waals surface area contributed by atoms with Crippen LogP contribution in [0.1, 0.15) is 40.4 Å². The molecule has 0 radical (unpaired) electrons. The molecule has 1 aliphatic rings. The van der Waals surface area contributed by atoms with E-state index in [-0.39, 0.29) is 11.5 Å². The van der Waals surface area contributed by atoms with Gasteiger partial charge in [0, 0.05) is 13.1 Å². The summed E-state index contributed by atoms with van der Waals surface area (Å²) in [4.78, 5) is 29.2. The molecule has 2 rings (SSSR count). The summed E-state index contributed by atoms with van der Waals surface area (Å²) in [7, 11) is 2.50. The van der Waals surface area contributed by atoms with Gasteiger partial charge in [-0.25, -0.2) is 14.6 Å². The molecule has 0 spiro atoms. The third-order valence-electron chi connectivity index (χ3n) is 3.07. The SMILES string of the molecule is COC(=O)c1nnc(C(=O)OC)c(N2CCCCC2)n1. The van der Waals surface area contributed by atoms with Crippen LogP contribution in [0.2, 0.25) is 0 Å². The first-order chi connectivity index (χ1) is 9.67. The Bertz CT molecular complexity index is 514. The molecule has 20 heavy (non-hydrogen) atoms. The zero-order valence-corrected chi connectivity index (χ0v) is 11.5. The molecule has 0 saturated carbocycles. The average Bonchev–Trinajstić information content (AvgIpc) is 2.53. The largest absolute Gasteiger partial charge is 0.464 e. The summed E-state index contributed by atoms with van der Waals surface area (Å²) in [5.41, 5.74) is 0.0158. The number of anilines is 1. The molecule has 0 N–H and O–H groups in total. The first-order valence-corrected chi connectivity index (χ1v) is 6.33. The number of rotatable bonds is 3. The van der Waals surface area contributed by atoms with Crippen molar-refractivity contribution in [1.82, 2.24) is 15.2 Å². The Morgan fingerprint density at radius 3 is 2.25 bits per heavy atom. The zero-order chi connectivity index (χ0) is 14.5. The molecule has 1 aromatic rings. The highest BCUT2D eigenvalue weighted by atomic mass is 16.5. The Balaban J connectivity index is 2.41. The van der Waals surface area contributed by atoms with Crippen molar-refractivity contribution < 1.29 is 19.1 Å². The Hall–Kier alpha value is -2.25. The lowest BCUT2D eigenvalue weighted by atomic mass is 10.1. The summed E-state index contributed by atoms with van der Waals surface area (Å²) in [6.45, 7) is 1.51. The van der Waals surface area contributed by atoms with Crippen molar-refractivity contribution in [1.29, 1.82) is 0 Å². The van der Waals surface area contributed by atoms with E-state index in [1.165, 1.54) is 14.2 Å². The quantitative estimate of drug-likeness (QED) is 0.736. The number of carbonyl (C=O) groups is 2. The van der Waals surface area contributed by atoms with Crippen molar-refractivity contribution in [2.45, 2.75) is 19.3 Å². The van der Waals surface area contributed by atoms with E-state index < -0.39 is 11.9 Å². The standard InChI is InChI=1S/C12H16N4O4/c1-19-11(17)8-10(16-6-4-3-5-7-16)13-9(15-14-8)12(18)20-2/h3-7H2,1-2H3. The van der Waals surface area contributed by atoms with Crippen LogP contribution < -0.4 is 4.90 Å². The molecule has 8 heteroatoms. The Morgan fingerprint density at radius 2 is 1.65 bits per heavy atom. The summed E-state index contributed by atoms with van der Waals surface area (Å²) in [5, 5.41) is 7.37. The lowest BCUT2D eigenvalue weighted by Crippen LogP contribution is -2.33. The molecule has 1 aromatic heterocycles. The van der Waals surface area contributed by atoms with Crippen molar-refractivity contribution in [3.63, 3.8) is 0 Å². The number of aromatic nitrogens is 3. The fraction of sp³-hybridized carbons (Fsp3) is 0.583. The van der Waals surface area contributed by atoms with E-state index in [9.17, 15) is 9.59 Å². The molecule has 0 unspecified atom stereocenters. The lowest BCUT2D eigenvalue weighted by molar-refractivity contribution is 0.0567. The van der Waals surface area contributed by atoms with Crippen LogP contribution in [0.15, 0.2) is 0 Å². The van der Waals surface area contributed by atoms with Gasteiger partial charge in [-0.2, -0.15) is 0 Å². The van der Waals surface area contributed by atoms with Crippen LogP contribution in [0.25, 0.3) is 0 Å². The second kappa shape index (κ2) is 6.27. The van der Waals surface area contributed by atoms with Gasteiger partial charge in [0.25, 0.3) is 5.82 Å². The van der Waals surface area contributed by atoms with Crippen LogP contribution >= 0.6 is 0 Å². The highest BCUT2D eigenvalue weighted by molar-refractivity contribution is 5.93. The summed E-state index contributed by atoms with van der Waals surface area (Å²) in [6.07, 6.45) is 3.13. The van der Waals surface area contributed by atoms with Gasteiger partial charge < -0.3 is 14.4 Å². The van der Waals surface area contributed by atoms with Gasteiger partial charge in [-0.1, -0.05) is 0 Å². The van der Waals surface area contributed by atoms with Crippen molar-refractivity contribution >= 4 is 17.8 Å². The second-order valence-corrected chi connectivity index (χ2v) is 4.34. The van der Waals surface area contributed by atoms with Crippen LogP contribution in [-0.2, 0) is 9.47 Å². The molecule has 1 fully saturated rings. The van der Waals surface area contributed by atoms with E-state index in [1.807, 2.05) is 4.90 Å². The summed E-state index contributed by atoms with van der Waals surface area (Å²) in [5.74, 6) is -1.15. The molecule has 108 valence electrons. The van der Waals surface area contributed by atoms with Gasteiger partial charge >= 0.3 is 11.9 Å². The molecular formula is C12H16N4O4. The van der Waals surface area contributed by atoms with Crippen LogP contribution in [-0.4, -0.2) is 54.4 Å². The van der Waals surface area contributed by atoms with Gasteiger partial charge in [0.15, 0.2) is 5.82 Å². The van der Waals surface area contributed by atoms with Gasteiger partial charge in [-0.05, 0) is 19.3 Å². The molecule has 0 bridgehead atoms. The summed E-state index contributed by atoms with van der Waals surface area (Å²) >= 11 is 0. The van der Waals surface area contributed by atoms with Crippen LogP contribution in [0.5, 0.6) is 0 Å². The fourth-order valence-corrected chi connectivity index (χ4v) is 2.05. The maximum Gasteiger partial charge on any atom is 0.378 e. The number of nitrogens with zero attached hydrogens (tertiary/aromatic N) is 4. The molecule has 0 atom stereocenters. The fourth-order valence-electron chi connectivity index (χ4n) is 2.05. The second-order valence-electron chi connectivity index (χ2n) is 4.34. The minimum absolute atomic E-state index is 0.0158. The molecular weight excluding hydrogens is 264 g/mol. The number of carbonyl (C=O) groups excluding carboxylic acids is 2. The number of methoxy groups -OCH3 is 2. The highest BCUT2D eigenvalue weighted by Gasteiger charge is 2.25. The smallest absolute Gasteiger partial charge is 0.378 e. The monoisotopic (exact) mass is 280 g/mol. The maximum atomic E-state index is 11.7. The van der Waals surface area contributed by atoms with Gasteiger partial charge in [0.2, 0.25) is 5.69 Å². The van der Waals surface area contributed by atoms with Gasteiger partial charge in [-0.3, -0.25) is 0 Å². The summed E-state index contributed by atoms with van der Waals surface area (Å²) < 4.78 is 9.24. The molecule has 2 heterocycles. The van der Waals surface area contributed by atoms with E-state index in [1.54, 1.807) is 0 Å². The van der Waals surface area contributed by atoms with Crippen molar-refractivity contribution in [2.75, 3.05) is 32.2 Å². The van der Waals surface area contributed by atoms with Gasteiger partial charge in [0.1, 0.15) is 0 Å². The minimum atomic E-state index is -0.688. The average molecular weight is 280 g/mol. The van der Waals surface area contributed by atoms with Crippen LogP contribution in [0.3, 0.4) is 0 Å². The normalized spacial score (nSPS) is 14.8. The number of hydrogen-bond acceptors (Lipinski definition) is 8. The first kappa shape index (κ1) is 14.2. The van der Waals surface area contributed by atoms with Crippen molar-refractivity contribution in [3.05, 3.63) is 11.5 Å². The molecule has 0 aromatic carbocycles. The number of hydrogen-bond donors (Lipinski definition) is 0. The van der Waals surface area contributed by atoms with E-state index >= 15 is 0 Å². The van der Waals surface area contributed by atoms with Crippen LogP contribution in [0, 0.1) is 0 Å². The predicted octanol–water partition coefficient (Wildman–Crippen LogP) is 0.435. The third-order valence-corrected chi connectivity index (χ3v) is 3.07. The van der Waals surface area contributed by atoms with Gasteiger partial charge in [0.05, 0.1) is 14.2 Å². The molecule has 8 nitrogen and oxygen atoms in total. The molecule has 0 amide bonds. The van der Waals surface area contributed by atoms with Gasteiger partial charge in [-0.15, -0.1) is 10.2 Å². The van der Waals surface area contributed by atoms with Crippen molar-refractivity contribution in [2.24, 2.45) is 0 Å². The Kier molecular flexibility index (Phi) is 4.44. The van der Waals surface area contributed by atoms with E-state index in [4.69, 9.17) is 0 Å². The molecule has 1 saturated heterocycles. The Labute approximate surface area is 116 Å². The van der Waals surface area contributed by atoms with E-state index in [0.29, 0.717) is 5.82 Å². The first-order valence-electron chi connectivity index (χ1n) is 6.33. The number of ether oxygens (including phenoxy) is 2. The minimum Gasteiger partial charge on any atom is -0.464 e. The number of esters is 2. The predicted molar refractivity (Wildman–Crippen MR) is 68.6 cm³/mol. The Morgan fingerprint density at radius 1 is 1.00 bits per heavy atom. The van der Waals surface area contributed by atoms with Crippen molar-refractivity contribution in [3.8, 4) is 0 Å². The lowest BCUT2D eigenvalue weighted by Gasteiger charge is -2.28. The molecule has 0 aliphatic carbocycles. The highest BCUT2D eigenvalue weighted by Crippen LogP contribution is 2.21. The topological polar surface area (TPSA) is 94.5 Å². The van der Waals surface area contributed by atoms with Crippen LogP contribution in [0.4, 0.5) is 5.82 Å². The van der Waals surface area contributed by atoms with E-state index in [0.717, 1.165) is 32.4 Å². The summed E-state index contributed by atoms with van der Waals surface area (Å²) in [6, 6.07) is 0. The van der Waals surface area contributed by atoms with E-state index in [2.05, 4.69) is 24.7 Å². The molecule has 1 aliphatic heterocycles. The maximum absolute atomic E-state index is 11.7. The third kappa shape index (κ3) is 2.84. The number of piperidine rings is 1.